The summed E-state index contributed by atoms with van der Waals surface area (Å²) < 4.78 is 0. The first-order valence-electron chi connectivity index (χ1n) is 8.57. The zero-order valence-electron chi connectivity index (χ0n) is 14.2. The summed E-state index contributed by atoms with van der Waals surface area (Å²) in [5.41, 5.74) is 0.636. The molecular formula is C17H23ClN5O2+. The van der Waals surface area contributed by atoms with Crippen LogP contribution in [-0.4, -0.2) is 61.4 Å². The average Bonchev–Trinajstić information content (AvgIpc) is 2.63. The Balaban J connectivity index is 1.67. The number of hydrogen-bond acceptors (Lipinski definition) is 4. The molecule has 1 atom stereocenters. The highest BCUT2D eigenvalue weighted by molar-refractivity contribution is 6.30. The highest BCUT2D eigenvalue weighted by atomic mass is 35.5. The number of benzene rings is 1. The highest BCUT2D eigenvalue weighted by Crippen LogP contribution is 2.15. The van der Waals surface area contributed by atoms with E-state index in [0.717, 1.165) is 32.7 Å². The van der Waals surface area contributed by atoms with Gasteiger partial charge in [-0.1, -0.05) is 11.6 Å². The third kappa shape index (κ3) is 4.49. The van der Waals surface area contributed by atoms with Gasteiger partial charge in [-0.3, -0.25) is 14.9 Å². The smallest absolute Gasteiger partial charge is 0.249 e. The van der Waals surface area contributed by atoms with E-state index in [4.69, 9.17) is 11.6 Å². The SMILES string of the molecule is CC[NH+]1CCN(C2=N[C@H](C(=O)Nc3ccc(Cl)cc3)CC(=O)N2)CC1. The van der Waals surface area contributed by atoms with Crippen LogP contribution in [0.1, 0.15) is 13.3 Å². The molecule has 0 saturated carbocycles. The number of hydrogen-bond donors (Lipinski definition) is 3. The number of amides is 2. The molecule has 134 valence electrons. The molecule has 3 rings (SSSR count). The largest absolute Gasteiger partial charge is 0.332 e. The van der Waals surface area contributed by atoms with Crippen molar-refractivity contribution in [2.24, 2.45) is 4.99 Å². The number of carbonyl (C=O) groups is 2. The molecule has 0 aliphatic carbocycles. The van der Waals surface area contributed by atoms with Crippen LogP contribution in [0.3, 0.4) is 0 Å². The highest BCUT2D eigenvalue weighted by Gasteiger charge is 2.31. The minimum Gasteiger partial charge on any atom is -0.332 e. The van der Waals surface area contributed by atoms with E-state index in [9.17, 15) is 9.59 Å². The van der Waals surface area contributed by atoms with Crippen LogP contribution < -0.4 is 15.5 Å². The minimum atomic E-state index is -0.712. The van der Waals surface area contributed by atoms with Crippen molar-refractivity contribution in [2.75, 3.05) is 38.0 Å². The van der Waals surface area contributed by atoms with E-state index in [2.05, 4.69) is 27.4 Å². The van der Waals surface area contributed by atoms with Gasteiger partial charge in [-0.25, -0.2) is 4.99 Å². The van der Waals surface area contributed by atoms with Gasteiger partial charge >= 0.3 is 0 Å². The second kappa shape index (κ2) is 7.84. The van der Waals surface area contributed by atoms with Gasteiger partial charge < -0.3 is 15.1 Å². The molecule has 0 aromatic heterocycles. The lowest BCUT2D eigenvalue weighted by molar-refractivity contribution is -0.902. The number of likely N-dealkylation sites (N-methyl/N-ethyl adjacent to an activating group) is 1. The van der Waals surface area contributed by atoms with Gasteiger partial charge in [0.1, 0.15) is 6.04 Å². The monoisotopic (exact) mass is 364 g/mol. The van der Waals surface area contributed by atoms with Crippen molar-refractivity contribution in [1.82, 2.24) is 10.2 Å². The molecule has 0 bridgehead atoms. The van der Waals surface area contributed by atoms with Crippen LogP contribution in [0.5, 0.6) is 0 Å². The van der Waals surface area contributed by atoms with Crippen molar-refractivity contribution < 1.29 is 14.5 Å². The van der Waals surface area contributed by atoms with Crippen molar-refractivity contribution in [2.45, 2.75) is 19.4 Å². The number of nitrogens with one attached hydrogen (secondary N) is 3. The summed E-state index contributed by atoms with van der Waals surface area (Å²) in [6, 6.07) is 6.14. The number of piperazine rings is 1. The fraction of sp³-hybridized carbons (Fsp3) is 0.471. The number of anilines is 1. The van der Waals surface area contributed by atoms with Gasteiger partial charge in [-0.15, -0.1) is 0 Å². The summed E-state index contributed by atoms with van der Waals surface area (Å²) in [5, 5.41) is 6.20. The Morgan fingerprint density at radius 1 is 1.36 bits per heavy atom. The zero-order valence-corrected chi connectivity index (χ0v) is 15.0. The van der Waals surface area contributed by atoms with Gasteiger partial charge in [0, 0.05) is 10.7 Å². The fourth-order valence-corrected chi connectivity index (χ4v) is 3.16. The van der Waals surface area contributed by atoms with Crippen molar-refractivity contribution in [3.05, 3.63) is 29.3 Å². The molecule has 1 aromatic carbocycles. The van der Waals surface area contributed by atoms with Crippen molar-refractivity contribution >= 4 is 35.1 Å². The number of halogens is 1. The lowest BCUT2D eigenvalue weighted by Gasteiger charge is -2.35. The van der Waals surface area contributed by atoms with Gasteiger partial charge in [0.05, 0.1) is 39.1 Å². The molecule has 1 aromatic rings. The molecule has 2 aliphatic rings. The minimum absolute atomic E-state index is 0.0586. The number of carbonyl (C=O) groups excluding carboxylic acids is 2. The summed E-state index contributed by atoms with van der Waals surface area (Å²) in [4.78, 5) is 32.6. The van der Waals surface area contributed by atoms with Crippen LogP contribution in [0.15, 0.2) is 29.3 Å². The Labute approximate surface area is 152 Å². The summed E-state index contributed by atoms with van der Waals surface area (Å²) in [6.07, 6.45) is 0.0586. The summed E-state index contributed by atoms with van der Waals surface area (Å²) in [5.74, 6) is 0.0571. The first-order valence-corrected chi connectivity index (χ1v) is 8.95. The molecule has 7 nitrogen and oxygen atoms in total. The van der Waals surface area contributed by atoms with E-state index < -0.39 is 6.04 Å². The first kappa shape index (κ1) is 17.7. The Bertz CT molecular complexity index is 668. The maximum atomic E-state index is 12.5. The van der Waals surface area contributed by atoms with Gasteiger partial charge in [0.25, 0.3) is 0 Å². The quantitative estimate of drug-likeness (QED) is 0.691. The third-order valence-electron chi connectivity index (χ3n) is 4.59. The van der Waals surface area contributed by atoms with Crippen LogP contribution in [0, 0.1) is 0 Å². The number of aliphatic imine (C=N–C) groups is 1. The second-order valence-corrected chi connectivity index (χ2v) is 6.74. The van der Waals surface area contributed by atoms with Crippen LogP contribution in [0.4, 0.5) is 5.69 Å². The number of guanidine groups is 1. The summed E-state index contributed by atoms with van der Waals surface area (Å²) in [7, 11) is 0. The normalized spacial score (nSPS) is 21.5. The molecule has 3 N–H and O–H groups in total. The second-order valence-electron chi connectivity index (χ2n) is 6.31. The molecule has 0 radical (unpaired) electrons. The maximum absolute atomic E-state index is 12.5. The predicted octanol–water partition coefficient (Wildman–Crippen LogP) is -0.257. The topological polar surface area (TPSA) is 78.2 Å². The Kier molecular flexibility index (Phi) is 5.55. The van der Waals surface area contributed by atoms with Crippen LogP contribution in [-0.2, 0) is 9.59 Å². The first-order chi connectivity index (χ1) is 12.0. The summed E-state index contributed by atoms with van der Waals surface area (Å²) >= 11 is 5.85. The number of rotatable bonds is 3. The van der Waals surface area contributed by atoms with Gasteiger partial charge in [0.2, 0.25) is 17.8 Å². The van der Waals surface area contributed by atoms with Crippen molar-refractivity contribution in [1.29, 1.82) is 0 Å². The average molecular weight is 365 g/mol. The van der Waals surface area contributed by atoms with E-state index in [1.54, 1.807) is 24.3 Å². The van der Waals surface area contributed by atoms with Crippen LogP contribution >= 0.6 is 11.6 Å². The lowest BCUT2D eigenvalue weighted by atomic mass is 10.1. The number of quaternary nitrogens is 1. The Hall–Kier alpha value is -2.12. The van der Waals surface area contributed by atoms with E-state index in [-0.39, 0.29) is 18.2 Å². The lowest BCUT2D eigenvalue weighted by Crippen LogP contribution is -3.14. The molecule has 0 unspecified atom stereocenters. The van der Waals surface area contributed by atoms with Gasteiger partial charge in [0.15, 0.2) is 0 Å². The van der Waals surface area contributed by atoms with Crippen LogP contribution in [0.2, 0.25) is 5.02 Å². The van der Waals surface area contributed by atoms with E-state index in [0.29, 0.717) is 16.7 Å². The third-order valence-corrected chi connectivity index (χ3v) is 4.84. The standard InChI is InChI=1S/C17H22ClN5O2/c1-2-22-7-9-23(10-8-22)17-20-14(11-15(24)21-17)16(25)19-13-5-3-12(18)4-6-13/h3-6,14H,2,7-11H2,1H3,(H,19,25)(H,20,21,24)/p+1/t14-/m0/s1. The Morgan fingerprint density at radius 2 is 2.04 bits per heavy atom. The molecular weight excluding hydrogens is 342 g/mol. The molecule has 8 heteroatoms. The molecule has 2 heterocycles. The number of nitrogens with zero attached hydrogens (tertiary/aromatic N) is 2. The molecule has 1 fully saturated rings. The van der Waals surface area contributed by atoms with E-state index in [1.165, 1.54) is 4.90 Å². The van der Waals surface area contributed by atoms with Gasteiger partial charge in [-0.05, 0) is 31.2 Å². The fourth-order valence-electron chi connectivity index (χ4n) is 3.04. The van der Waals surface area contributed by atoms with Gasteiger partial charge in [-0.2, -0.15) is 0 Å². The van der Waals surface area contributed by atoms with E-state index in [1.807, 2.05) is 0 Å². The van der Waals surface area contributed by atoms with Crippen molar-refractivity contribution in [3.63, 3.8) is 0 Å². The molecule has 25 heavy (non-hydrogen) atoms. The molecule has 1 saturated heterocycles. The van der Waals surface area contributed by atoms with Crippen molar-refractivity contribution in [3.8, 4) is 0 Å². The molecule has 0 spiro atoms. The van der Waals surface area contributed by atoms with E-state index >= 15 is 0 Å². The predicted molar refractivity (Wildman–Crippen MR) is 96.9 cm³/mol. The molecule has 2 amide bonds. The summed E-state index contributed by atoms with van der Waals surface area (Å²) in [6.45, 7) is 6.93. The molecule has 2 aliphatic heterocycles. The zero-order chi connectivity index (χ0) is 17.8. The Morgan fingerprint density at radius 3 is 2.68 bits per heavy atom. The maximum Gasteiger partial charge on any atom is 0.249 e. The van der Waals surface area contributed by atoms with Crippen LogP contribution in [0.25, 0.3) is 0 Å².